The molecule has 0 spiro atoms. The molecule has 0 radical (unpaired) electrons. The van der Waals surface area contributed by atoms with Gasteiger partial charge in [-0.05, 0) is 37.6 Å². The SMILES string of the molecule is [2H]c1c([2H])c([2H])c(C(OC([2H])([2H])C([2H])([2H])N(C([2H])([2H])[2H])C([2H])([2H])[2H])c2c([2H])c([2H])c([2H])c([2H])c2C)c([2H])c1[2H]. The maximum atomic E-state index is 8.36. The molecule has 0 aliphatic rings. The molecular formula is C18H23NO. The zero-order valence-electron chi connectivity index (χ0n) is 29.4. The van der Waals surface area contributed by atoms with E-state index in [4.69, 9.17) is 30.8 Å². The van der Waals surface area contributed by atoms with Crippen LogP contribution in [0.2, 0.25) is 0 Å². The average Bonchev–Trinajstić information content (AvgIpc) is 2.76. The second kappa shape index (κ2) is 7.22. The van der Waals surface area contributed by atoms with Crippen LogP contribution >= 0.6 is 0 Å². The Kier molecular flexibility index (Phi) is 1.36. The molecule has 1 unspecified atom stereocenters. The summed E-state index contributed by atoms with van der Waals surface area (Å²) in [5.74, 6) is 0. The highest BCUT2D eigenvalue weighted by atomic mass is 16.5. The minimum Gasteiger partial charge on any atom is -0.367 e. The van der Waals surface area contributed by atoms with Crippen molar-refractivity contribution in [1.82, 2.24) is 4.90 Å². The predicted molar refractivity (Wildman–Crippen MR) is 84.0 cm³/mol. The van der Waals surface area contributed by atoms with Crippen molar-refractivity contribution >= 4 is 0 Å². The first-order chi connectivity index (χ1) is 17.3. The van der Waals surface area contributed by atoms with E-state index in [0.717, 1.165) is 6.92 Å². The van der Waals surface area contributed by atoms with E-state index in [-0.39, 0.29) is 5.56 Å². The van der Waals surface area contributed by atoms with E-state index in [1.807, 2.05) is 0 Å². The summed E-state index contributed by atoms with van der Waals surface area (Å²) in [5.41, 5.74) is -1.82. The summed E-state index contributed by atoms with van der Waals surface area (Å²) >= 11 is 0. The lowest BCUT2D eigenvalue weighted by atomic mass is 9.97. The third kappa shape index (κ3) is 3.92. The summed E-state index contributed by atoms with van der Waals surface area (Å²) in [6, 6.07) is -7.87. The standard InChI is InChI=1S/C18H23NO/c1-15-9-7-8-12-17(15)18(20-14-13-19(2)3)16-10-5-4-6-11-16/h4-12,18H,13-14H2,1-3H3/i2D3,3D3,4D,5D,6D,7D,8D,9D,10D,11D,12D,13D2,14D2. The summed E-state index contributed by atoms with van der Waals surface area (Å²) in [6.07, 6.45) is -2.36. The highest BCUT2D eigenvalue weighted by Gasteiger charge is 2.16. The summed E-state index contributed by atoms with van der Waals surface area (Å²) in [4.78, 5) is -0.737. The predicted octanol–water partition coefficient (Wildman–Crippen LogP) is 3.66. The van der Waals surface area contributed by atoms with E-state index < -0.39 is 104 Å². The maximum Gasteiger partial charge on any atom is 0.108 e. The zero-order chi connectivity index (χ0) is 30.8. The fourth-order valence-corrected chi connectivity index (χ4v) is 1.43. The fourth-order valence-electron chi connectivity index (χ4n) is 1.43. The molecule has 1 atom stereocenters. The Morgan fingerprint density at radius 2 is 1.85 bits per heavy atom. The molecule has 0 amide bonds. The van der Waals surface area contributed by atoms with Crippen molar-refractivity contribution in [3.05, 3.63) is 71.1 Å². The molecule has 0 aliphatic carbocycles. The molecule has 0 aromatic heterocycles. The fraction of sp³-hybridized carbons (Fsp3) is 0.333. The Labute approximate surface area is 148 Å². The van der Waals surface area contributed by atoms with Crippen LogP contribution in [-0.4, -0.2) is 31.9 Å². The van der Waals surface area contributed by atoms with Crippen LogP contribution < -0.4 is 0 Å². The third-order valence-corrected chi connectivity index (χ3v) is 2.29. The number of hydrogen-bond acceptors (Lipinski definition) is 2. The summed E-state index contributed by atoms with van der Waals surface area (Å²) in [5, 5.41) is 0. The lowest BCUT2D eigenvalue weighted by Crippen LogP contribution is -2.20. The number of rotatable bonds is 6. The molecule has 20 heavy (non-hydrogen) atoms. The van der Waals surface area contributed by atoms with Gasteiger partial charge in [-0.25, -0.2) is 0 Å². The largest absolute Gasteiger partial charge is 0.367 e. The van der Waals surface area contributed by atoms with Gasteiger partial charge in [-0.3, -0.25) is 0 Å². The third-order valence-electron chi connectivity index (χ3n) is 2.29. The Bertz CT molecular complexity index is 1140. The second-order valence-electron chi connectivity index (χ2n) is 3.62. The molecule has 2 heteroatoms. The Morgan fingerprint density at radius 3 is 2.60 bits per heavy atom. The van der Waals surface area contributed by atoms with Crippen molar-refractivity contribution in [3.63, 3.8) is 0 Å². The first kappa shape index (κ1) is 3.76. The van der Waals surface area contributed by atoms with Crippen molar-refractivity contribution in [1.29, 1.82) is 0 Å². The van der Waals surface area contributed by atoms with Gasteiger partial charge in [0.2, 0.25) is 0 Å². The van der Waals surface area contributed by atoms with Gasteiger partial charge in [0, 0.05) is 17.5 Å². The van der Waals surface area contributed by atoms with Gasteiger partial charge in [0.1, 0.15) is 6.10 Å². The average molecular weight is 289 g/mol. The van der Waals surface area contributed by atoms with Crippen LogP contribution in [0.1, 0.15) is 48.8 Å². The first-order valence-electron chi connectivity index (χ1n) is 14.9. The van der Waals surface area contributed by atoms with Gasteiger partial charge in [0.25, 0.3) is 0 Å². The number of likely N-dealkylation sites (N-methyl/N-ethyl adjacent to an activating group) is 1. The zero-order valence-corrected chi connectivity index (χ0v) is 10.4. The lowest BCUT2D eigenvalue weighted by molar-refractivity contribution is 0.0683. The highest BCUT2D eigenvalue weighted by Crippen LogP contribution is 2.28. The number of benzene rings is 2. The van der Waals surface area contributed by atoms with Crippen LogP contribution in [0, 0.1) is 6.92 Å². The van der Waals surface area contributed by atoms with Crippen LogP contribution in [0.5, 0.6) is 0 Å². The molecule has 0 heterocycles. The molecule has 0 saturated heterocycles. The summed E-state index contributed by atoms with van der Waals surface area (Å²) in [6.45, 7) is -14.3. The topological polar surface area (TPSA) is 12.5 Å². The van der Waals surface area contributed by atoms with E-state index in [1.54, 1.807) is 0 Å². The molecule has 2 rings (SSSR count). The summed E-state index contributed by atoms with van der Waals surface area (Å²) < 4.78 is 156. The molecule has 0 bridgehead atoms. The van der Waals surface area contributed by atoms with E-state index in [1.165, 1.54) is 0 Å². The molecule has 2 aromatic rings. The Hall–Kier alpha value is -1.64. The van der Waals surface area contributed by atoms with Crippen LogP contribution in [0.15, 0.2) is 54.4 Å². The highest BCUT2D eigenvalue weighted by molar-refractivity contribution is 5.35. The van der Waals surface area contributed by atoms with Gasteiger partial charge in [-0.15, -0.1) is 0 Å². The molecule has 0 aliphatic heterocycles. The minimum atomic E-state index is -4.01. The van der Waals surface area contributed by atoms with Gasteiger partial charge >= 0.3 is 0 Å². The Balaban J connectivity index is 3.02. The summed E-state index contributed by atoms with van der Waals surface area (Å²) in [7, 11) is 0. The number of nitrogens with zero attached hydrogens (tertiary/aromatic N) is 1. The smallest absolute Gasteiger partial charge is 0.108 e. The molecule has 2 nitrogen and oxygen atoms in total. The van der Waals surface area contributed by atoms with Gasteiger partial charge in [-0.2, -0.15) is 0 Å². The molecule has 106 valence electrons. The molecule has 2 aromatic carbocycles. The van der Waals surface area contributed by atoms with E-state index in [9.17, 15) is 0 Å². The van der Waals surface area contributed by atoms with Crippen molar-refractivity contribution in [2.24, 2.45) is 0 Å². The molecule has 0 fully saturated rings. The molecular weight excluding hydrogens is 246 g/mol. The molecule has 0 saturated carbocycles. The van der Waals surface area contributed by atoms with Crippen LogP contribution in [0.3, 0.4) is 0 Å². The quantitative estimate of drug-likeness (QED) is 0.804. The minimum absolute atomic E-state index is 0.322. The van der Waals surface area contributed by atoms with E-state index in [0.29, 0.717) is 0 Å². The van der Waals surface area contributed by atoms with Crippen molar-refractivity contribution in [3.8, 4) is 0 Å². The van der Waals surface area contributed by atoms with E-state index in [2.05, 4.69) is 0 Å². The Morgan fingerprint density at radius 1 is 1.15 bits per heavy atom. The van der Waals surface area contributed by atoms with Gasteiger partial charge < -0.3 is 9.64 Å². The van der Waals surface area contributed by atoms with Gasteiger partial charge in [-0.1, -0.05) is 54.4 Å². The lowest BCUT2D eigenvalue weighted by Gasteiger charge is -2.22. The van der Waals surface area contributed by atoms with Gasteiger partial charge in [0.15, 0.2) is 0 Å². The first-order valence-corrected chi connectivity index (χ1v) is 5.44. The molecule has 0 N–H and O–H groups in total. The second-order valence-corrected chi connectivity index (χ2v) is 3.62. The van der Waals surface area contributed by atoms with Crippen molar-refractivity contribution < 1.29 is 30.8 Å². The van der Waals surface area contributed by atoms with Crippen molar-refractivity contribution in [2.75, 3.05) is 27.0 Å². The monoisotopic (exact) mass is 288 g/mol. The van der Waals surface area contributed by atoms with Crippen LogP contribution in [0.25, 0.3) is 0 Å². The van der Waals surface area contributed by atoms with Gasteiger partial charge in [0.05, 0.1) is 21.6 Å². The number of ether oxygens (including phenoxy) is 1. The van der Waals surface area contributed by atoms with E-state index >= 15 is 0 Å². The van der Waals surface area contributed by atoms with Crippen molar-refractivity contribution in [2.45, 2.75) is 13.0 Å². The van der Waals surface area contributed by atoms with Crippen LogP contribution in [0.4, 0.5) is 0 Å². The number of hydrogen-bond donors (Lipinski definition) is 0. The normalized spacial score (nSPS) is 29.0. The van der Waals surface area contributed by atoms with Crippen LogP contribution in [-0.2, 0) is 4.74 Å². The maximum absolute atomic E-state index is 8.36.